The molecule has 0 spiro atoms. The Morgan fingerprint density at radius 1 is 0.950 bits per heavy atom. The van der Waals surface area contributed by atoms with Gasteiger partial charge in [0.2, 0.25) is 11.8 Å². The summed E-state index contributed by atoms with van der Waals surface area (Å²) in [6.45, 7) is 9.48. The van der Waals surface area contributed by atoms with Crippen LogP contribution in [0.2, 0.25) is 5.02 Å². The normalized spacial score (nSPS) is 12.1. The van der Waals surface area contributed by atoms with Gasteiger partial charge in [0.1, 0.15) is 12.6 Å². The lowest BCUT2D eigenvalue weighted by atomic mass is 10.1. The number of nitrogens with zero attached hydrogens (tertiary/aromatic N) is 2. The number of nitrogens with one attached hydrogen (secondary N) is 1. The summed E-state index contributed by atoms with van der Waals surface area (Å²) in [5.41, 5.74) is 3.81. The topological polar surface area (TPSA) is 86.8 Å². The lowest BCUT2D eigenvalue weighted by Gasteiger charge is -2.32. The molecular weight excluding hydrogens is 546 g/mol. The van der Waals surface area contributed by atoms with Crippen molar-refractivity contribution in [1.82, 2.24) is 10.2 Å². The van der Waals surface area contributed by atoms with Gasteiger partial charge in [0.25, 0.3) is 10.0 Å². The van der Waals surface area contributed by atoms with Crippen LogP contribution < -0.4 is 9.62 Å². The van der Waals surface area contributed by atoms with Crippen molar-refractivity contribution < 1.29 is 18.0 Å². The number of hydrogen-bond acceptors (Lipinski definition) is 4. The fourth-order valence-corrected chi connectivity index (χ4v) is 5.81. The first-order chi connectivity index (χ1) is 18.9. The molecule has 0 aliphatic heterocycles. The summed E-state index contributed by atoms with van der Waals surface area (Å²) >= 11 is 6.38. The zero-order chi connectivity index (χ0) is 29.4. The van der Waals surface area contributed by atoms with Crippen molar-refractivity contribution >= 4 is 39.1 Å². The highest BCUT2D eigenvalue weighted by atomic mass is 35.5. The maximum Gasteiger partial charge on any atom is 0.264 e. The van der Waals surface area contributed by atoms with Crippen LogP contribution in [0.1, 0.15) is 48.9 Å². The van der Waals surface area contributed by atoms with Crippen LogP contribution in [-0.2, 0) is 26.2 Å². The van der Waals surface area contributed by atoms with E-state index in [-0.39, 0.29) is 23.0 Å². The number of halogens is 1. The predicted molar refractivity (Wildman–Crippen MR) is 161 cm³/mol. The van der Waals surface area contributed by atoms with E-state index in [1.807, 2.05) is 52.0 Å². The Hall–Kier alpha value is -3.36. The molecule has 0 aliphatic carbocycles. The van der Waals surface area contributed by atoms with E-state index in [1.165, 1.54) is 17.0 Å². The van der Waals surface area contributed by atoms with Crippen molar-refractivity contribution in [3.8, 4) is 0 Å². The number of carbonyl (C=O) groups is 2. The first-order valence-electron chi connectivity index (χ1n) is 13.4. The maximum absolute atomic E-state index is 14.0. The highest BCUT2D eigenvalue weighted by molar-refractivity contribution is 7.92. The molecule has 3 rings (SSSR count). The van der Waals surface area contributed by atoms with Gasteiger partial charge in [-0.1, -0.05) is 78.5 Å². The number of sulfonamides is 1. The fourth-order valence-electron chi connectivity index (χ4n) is 4.23. The monoisotopic (exact) mass is 583 g/mol. The van der Waals surface area contributed by atoms with Gasteiger partial charge in [0.15, 0.2) is 0 Å². The van der Waals surface area contributed by atoms with Crippen LogP contribution in [0.3, 0.4) is 0 Å². The molecule has 0 fully saturated rings. The number of amides is 2. The highest BCUT2D eigenvalue weighted by Gasteiger charge is 2.32. The van der Waals surface area contributed by atoms with Crippen LogP contribution in [0.5, 0.6) is 0 Å². The Morgan fingerprint density at radius 3 is 2.27 bits per heavy atom. The fraction of sp³-hybridized carbons (Fsp3) is 0.355. The van der Waals surface area contributed by atoms with Crippen LogP contribution in [-0.4, -0.2) is 44.3 Å². The van der Waals surface area contributed by atoms with Gasteiger partial charge < -0.3 is 10.2 Å². The van der Waals surface area contributed by atoms with E-state index >= 15 is 0 Å². The van der Waals surface area contributed by atoms with Crippen LogP contribution in [0.4, 0.5) is 5.69 Å². The van der Waals surface area contributed by atoms with Crippen LogP contribution in [0.25, 0.3) is 0 Å². The molecule has 3 aromatic carbocycles. The molecule has 0 aromatic heterocycles. The molecule has 0 bridgehead atoms. The summed E-state index contributed by atoms with van der Waals surface area (Å²) in [5.74, 6) is -0.798. The minimum atomic E-state index is -4.15. The summed E-state index contributed by atoms with van der Waals surface area (Å²) < 4.78 is 28.9. The largest absolute Gasteiger partial charge is 0.354 e. The van der Waals surface area contributed by atoms with E-state index in [4.69, 9.17) is 11.6 Å². The number of benzene rings is 3. The second-order valence-corrected chi connectivity index (χ2v) is 12.4. The van der Waals surface area contributed by atoms with E-state index in [0.717, 1.165) is 39.4 Å². The molecule has 0 saturated heterocycles. The highest BCUT2D eigenvalue weighted by Crippen LogP contribution is 2.29. The molecule has 9 heteroatoms. The van der Waals surface area contributed by atoms with Gasteiger partial charge in [0, 0.05) is 18.1 Å². The van der Waals surface area contributed by atoms with Gasteiger partial charge in [-0.3, -0.25) is 13.9 Å². The summed E-state index contributed by atoms with van der Waals surface area (Å²) in [6.07, 6.45) is 1.74. The molecular formula is C31H38ClN3O4S. The van der Waals surface area contributed by atoms with Crippen molar-refractivity contribution in [3.05, 3.63) is 94.0 Å². The minimum Gasteiger partial charge on any atom is -0.354 e. The molecule has 0 aliphatic rings. The second kappa shape index (κ2) is 13.8. The second-order valence-electron chi connectivity index (χ2n) is 10.1. The molecule has 1 atom stereocenters. The predicted octanol–water partition coefficient (Wildman–Crippen LogP) is 5.79. The van der Waals surface area contributed by atoms with Crippen molar-refractivity contribution in [1.29, 1.82) is 0 Å². The first-order valence-corrected chi connectivity index (χ1v) is 15.2. The third kappa shape index (κ3) is 7.86. The Kier molecular flexibility index (Phi) is 10.8. The molecule has 2 amide bonds. The Morgan fingerprint density at radius 2 is 1.65 bits per heavy atom. The molecule has 40 heavy (non-hydrogen) atoms. The number of rotatable bonds is 12. The Labute approximate surface area is 243 Å². The van der Waals surface area contributed by atoms with Gasteiger partial charge in [-0.05, 0) is 69.5 Å². The quantitative estimate of drug-likeness (QED) is 0.273. The van der Waals surface area contributed by atoms with E-state index in [2.05, 4.69) is 5.32 Å². The van der Waals surface area contributed by atoms with Crippen molar-refractivity contribution in [3.63, 3.8) is 0 Å². The SMILES string of the molecule is CCCCNC(=O)[C@@H](C)N(Cc1cccc(C)c1)C(=O)CN(c1ccc(C)c(Cl)c1)S(=O)(=O)c1ccc(C)cc1. The standard InChI is InChI=1S/C31H38ClN3O4S/c1-6-7-17-33-31(37)25(5)34(20-26-10-8-9-23(3)18-26)30(36)21-35(27-14-13-24(4)29(32)19-27)40(38,39)28-15-11-22(2)12-16-28/h8-16,18-19,25H,6-7,17,20-21H2,1-5H3,(H,33,37)/t25-/m1/s1. The number of anilines is 1. The Balaban J connectivity index is 2.03. The molecule has 0 unspecified atom stereocenters. The average Bonchev–Trinajstić information content (AvgIpc) is 2.91. The van der Waals surface area contributed by atoms with Gasteiger partial charge >= 0.3 is 0 Å². The summed E-state index contributed by atoms with van der Waals surface area (Å²) in [5, 5.41) is 3.28. The summed E-state index contributed by atoms with van der Waals surface area (Å²) in [7, 11) is -4.15. The molecule has 3 aromatic rings. The zero-order valence-electron chi connectivity index (χ0n) is 23.8. The third-order valence-corrected chi connectivity index (χ3v) is 8.96. The number of hydrogen-bond donors (Lipinski definition) is 1. The van der Waals surface area contributed by atoms with Crippen molar-refractivity contribution in [2.24, 2.45) is 0 Å². The van der Waals surface area contributed by atoms with Gasteiger partial charge in [-0.25, -0.2) is 8.42 Å². The lowest BCUT2D eigenvalue weighted by Crippen LogP contribution is -2.51. The van der Waals surface area contributed by atoms with E-state index in [0.29, 0.717) is 11.6 Å². The number of unbranched alkanes of at least 4 members (excludes halogenated alkanes) is 1. The van der Waals surface area contributed by atoms with Gasteiger partial charge in [0.05, 0.1) is 10.6 Å². The maximum atomic E-state index is 14.0. The van der Waals surface area contributed by atoms with E-state index < -0.39 is 28.5 Å². The van der Waals surface area contributed by atoms with Gasteiger partial charge in [-0.15, -0.1) is 0 Å². The summed E-state index contributed by atoms with van der Waals surface area (Å²) in [6, 6.07) is 18.2. The zero-order valence-corrected chi connectivity index (χ0v) is 25.3. The molecule has 0 radical (unpaired) electrons. The van der Waals surface area contributed by atoms with Crippen molar-refractivity contribution in [2.45, 2.75) is 64.9 Å². The molecule has 7 nitrogen and oxygen atoms in total. The third-order valence-electron chi connectivity index (χ3n) is 6.76. The molecule has 0 saturated carbocycles. The number of aryl methyl sites for hydroxylation is 3. The molecule has 0 heterocycles. The molecule has 214 valence electrons. The lowest BCUT2D eigenvalue weighted by molar-refractivity contribution is -0.139. The van der Waals surface area contributed by atoms with Crippen LogP contribution >= 0.6 is 11.6 Å². The smallest absolute Gasteiger partial charge is 0.264 e. The average molecular weight is 584 g/mol. The van der Waals surface area contributed by atoms with E-state index in [9.17, 15) is 18.0 Å². The number of carbonyl (C=O) groups excluding carboxylic acids is 2. The van der Waals surface area contributed by atoms with Gasteiger partial charge in [-0.2, -0.15) is 0 Å². The Bertz CT molecular complexity index is 1440. The minimum absolute atomic E-state index is 0.0539. The first kappa shape index (κ1) is 31.2. The van der Waals surface area contributed by atoms with E-state index in [1.54, 1.807) is 37.3 Å². The van der Waals surface area contributed by atoms with Crippen LogP contribution in [0.15, 0.2) is 71.6 Å². The molecule has 1 N–H and O–H groups in total. The van der Waals surface area contributed by atoms with Crippen LogP contribution in [0, 0.1) is 20.8 Å². The summed E-state index contributed by atoms with van der Waals surface area (Å²) in [4.78, 5) is 28.5. The van der Waals surface area contributed by atoms with Crippen molar-refractivity contribution in [2.75, 3.05) is 17.4 Å².